The highest BCUT2D eigenvalue weighted by atomic mass is 32.1. The second-order valence-electron chi connectivity index (χ2n) is 8.56. The number of nitrogens with one attached hydrogen (secondary N) is 1. The van der Waals surface area contributed by atoms with Crippen LogP contribution in [0.15, 0.2) is 40.8 Å². The quantitative estimate of drug-likeness (QED) is 0.363. The molecule has 0 saturated carbocycles. The summed E-state index contributed by atoms with van der Waals surface area (Å²) in [6.45, 7) is 3.84. The minimum absolute atomic E-state index is 0.199. The Kier molecular flexibility index (Phi) is 6.53. The zero-order valence-electron chi connectivity index (χ0n) is 19.6. The molecule has 0 radical (unpaired) electrons. The summed E-state index contributed by atoms with van der Waals surface area (Å²) >= 11 is 2.84. The Morgan fingerprint density at radius 2 is 1.94 bits per heavy atom. The van der Waals surface area contributed by atoms with Crippen molar-refractivity contribution in [2.24, 2.45) is 0 Å². The summed E-state index contributed by atoms with van der Waals surface area (Å²) in [5.74, 6) is -0.798. The molecule has 0 spiro atoms. The van der Waals surface area contributed by atoms with Gasteiger partial charge in [0.05, 0.1) is 23.9 Å². The molecule has 7 nitrogen and oxygen atoms in total. The average molecular weight is 508 g/mol. The normalized spacial score (nSPS) is 13.0. The van der Waals surface area contributed by atoms with Crippen LogP contribution in [0, 0.1) is 6.92 Å². The van der Waals surface area contributed by atoms with Crippen LogP contribution in [-0.4, -0.2) is 28.0 Å². The van der Waals surface area contributed by atoms with Crippen LogP contribution in [0.3, 0.4) is 0 Å². The highest BCUT2D eigenvalue weighted by molar-refractivity contribution is 7.17. The molecule has 9 heteroatoms. The molecule has 3 heterocycles. The maximum atomic E-state index is 13.3. The third kappa shape index (κ3) is 4.53. The van der Waals surface area contributed by atoms with Gasteiger partial charge in [-0.05, 0) is 50.7 Å². The highest BCUT2D eigenvalue weighted by Crippen LogP contribution is 2.38. The summed E-state index contributed by atoms with van der Waals surface area (Å²) in [7, 11) is 0. The standard InChI is InChI=1S/C26H25N3O4S2/c1-3-33-26(32)22-17-6-4-5-7-19(17)35-24(22)28-20(30)12-29-14-27-23-21(25(29)31)18(13-34-23)16-10-8-15(2)9-11-16/h8-11,13-14H,3-7,12H2,1-2H3,(H,28,30). The summed E-state index contributed by atoms with van der Waals surface area (Å²) in [5, 5.41) is 5.80. The number of esters is 1. The number of ether oxygens (including phenoxy) is 1. The molecule has 3 aromatic heterocycles. The van der Waals surface area contributed by atoms with Crippen LogP contribution < -0.4 is 10.9 Å². The monoisotopic (exact) mass is 507 g/mol. The molecule has 0 bridgehead atoms. The average Bonchev–Trinajstić information content (AvgIpc) is 3.43. The van der Waals surface area contributed by atoms with Gasteiger partial charge in [-0.1, -0.05) is 29.8 Å². The van der Waals surface area contributed by atoms with E-state index in [1.165, 1.54) is 33.6 Å². The molecular weight excluding hydrogens is 482 g/mol. The van der Waals surface area contributed by atoms with Crippen LogP contribution in [0.1, 0.15) is 46.1 Å². The third-order valence-corrected chi connectivity index (χ3v) is 8.23. The molecule has 1 amide bonds. The Balaban J connectivity index is 1.44. The van der Waals surface area contributed by atoms with Crippen molar-refractivity contribution in [3.05, 3.63) is 67.9 Å². The number of aryl methyl sites for hydroxylation is 2. The first-order valence-corrected chi connectivity index (χ1v) is 13.3. The number of nitrogens with zero attached hydrogens (tertiary/aromatic N) is 2. The lowest BCUT2D eigenvalue weighted by molar-refractivity contribution is -0.116. The van der Waals surface area contributed by atoms with Crippen LogP contribution in [0.25, 0.3) is 21.3 Å². The number of aromatic nitrogens is 2. The van der Waals surface area contributed by atoms with E-state index in [1.807, 2.05) is 36.6 Å². The van der Waals surface area contributed by atoms with Gasteiger partial charge in [-0.3, -0.25) is 14.2 Å². The second kappa shape index (κ2) is 9.75. The van der Waals surface area contributed by atoms with Crippen LogP contribution in [-0.2, 0) is 28.9 Å². The van der Waals surface area contributed by atoms with Crippen molar-refractivity contribution in [2.75, 3.05) is 11.9 Å². The number of carbonyl (C=O) groups is 2. The number of benzene rings is 1. The number of carbonyl (C=O) groups excluding carboxylic acids is 2. The van der Waals surface area contributed by atoms with Crippen LogP contribution >= 0.6 is 22.7 Å². The van der Waals surface area contributed by atoms with Crippen LogP contribution in [0.2, 0.25) is 0 Å². The Morgan fingerprint density at radius 3 is 2.71 bits per heavy atom. The molecule has 5 rings (SSSR count). The first kappa shape index (κ1) is 23.4. The molecule has 1 aliphatic rings. The van der Waals surface area contributed by atoms with E-state index in [1.54, 1.807) is 6.92 Å². The van der Waals surface area contributed by atoms with E-state index in [2.05, 4.69) is 10.3 Å². The van der Waals surface area contributed by atoms with E-state index in [-0.39, 0.29) is 24.6 Å². The van der Waals surface area contributed by atoms with E-state index in [0.717, 1.165) is 52.8 Å². The largest absolute Gasteiger partial charge is 0.462 e. The minimum atomic E-state index is -0.413. The highest BCUT2D eigenvalue weighted by Gasteiger charge is 2.27. The smallest absolute Gasteiger partial charge is 0.341 e. The molecule has 1 aromatic carbocycles. The third-order valence-electron chi connectivity index (χ3n) is 6.14. The number of fused-ring (bicyclic) bond motifs is 2. The molecule has 35 heavy (non-hydrogen) atoms. The molecule has 0 atom stereocenters. The summed E-state index contributed by atoms with van der Waals surface area (Å²) in [4.78, 5) is 45.2. The zero-order chi connectivity index (χ0) is 24.5. The van der Waals surface area contributed by atoms with Crippen molar-refractivity contribution in [3.63, 3.8) is 0 Å². The van der Waals surface area contributed by atoms with E-state index in [0.29, 0.717) is 20.8 Å². The fourth-order valence-corrected chi connectivity index (χ4v) is 6.62. The lowest BCUT2D eigenvalue weighted by Crippen LogP contribution is -2.28. The molecule has 1 aliphatic carbocycles. The van der Waals surface area contributed by atoms with E-state index in [9.17, 15) is 14.4 Å². The number of hydrogen-bond donors (Lipinski definition) is 1. The summed E-state index contributed by atoms with van der Waals surface area (Å²) in [6.07, 6.45) is 5.17. The van der Waals surface area contributed by atoms with Crippen molar-refractivity contribution in [1.29, 1.82) is 0 Å². The maximum Gasteiger partial charge on any atom is 0.341 e. The van der Waals surface area contributed by atoms with Crippen LogP contribution in [0.4, 0.5) is 5.00 Å². The zero-order valence-corrected chi connectivity index (χ0v) is 21.2. The molecule has 0 fully saturated rings. The van der Waals surface area contributed by atoms with Crippen molar-refractivity contribution >= 4 is 49.8 Å². The lowest BCUT2D eigenvalue weighted by atomic mass is 9.95. The summed E-state index contributed by atoms with van der Waals surface area (Å²) in [6, 6.07) is 7.97. The molecular formula is C26H25N3O4S2. The number of rotatable bonds is 6. The van der Waals surface area contributed by atoms with Crippen molar-refractivity contribution in [2.45, 2.75) is 46.1 Å². The molecule has 1 N–H and O–H groups in total. The number of amides is 1. The van der Waals surface area contributed by atoms with Crippen molar-refractivity contribution < 1.29 is 14.3 Å². The van der Waals surface area contributed by atoms with Gasteiger partial charge in [-0.2, -0.15) is 0 Å². The van der Waals surface area contributed by atoms with Crippen LogP contribution in [0.5, 0.6) is 0 Å². The Morgan fingerprint density at radius 1 is 1.17 bits per heavy atom. The first-order valence-electron chi connectivity index (χ1n) is 11.6. The second-order valence-corrected chi connectivity index (χ2v) is 10.5. The van der Waals surface area contributed by atoms with Gasteiger partial charge in [0.15, 0.2) is 0 Å². The van der Waals surface area contributed by atoms with Gasteiger partial charge in [-0.15, -0.1) is 22.7 Å². The van der Waals surface area contributed by atoms with Gasteiger partial charge < -0.3 is 10.1 Å². The van der Waals surface area contributed by atoms with Gasteiger partial charge in [0, 0.05) is 15.8 Å². The topological polar surface area (TPSA) is 90.3 Å². The minimum Gasteiger partial charge on any atom is -0.462 e. The summed E-state index contributed by atoms with van der Waals surface area (Å²) in [5.41, 5.74) is 4.06. The fourth-order valence-electron chi connectivity index (χ4n) is 4.42. The SMILES string of the molecule is CCOC(=O)c1c(NC(=O)Cn2cnc3scc(-c4ccc(C)cc4)c3c2=O)sc2c1CCCC2. The Bertz CT molecular complexity index is 1480. The lowest BCUT2D eigenvalue weighted by Gasteiger charge is -2.12. The Labute approximate surface area is 210 Å². The maximum absolute atomic E-state index is 13.3. The number of anilines is 1. The van der Waals surface area contributed by atoms with Gasteiger partial charge in [0.25, 0.3) is 5.56 Å². The molecule has 180 valence electrons. The Hall–Kier alpha value is -3.30. The van der Waals surface area contributed by atoms with E-state index in [4.69, 9.17) is 4.74 Å². The van der Waals surface area contributed by atoms with E-state index < -0.39 is 5.97 Å². The summed E-state index contributed by atoms with van der Waals surface area (Å²) < 4.78 is 6.59. The number of thiophene rings is 2. The molecule has 4 aromatic rings. The number of hydrogen-bond acceptors (Lipinski definition) is 7. The molecule has 0 aliphatic heterocycles. The molecule has 0 unspecified atom stereocenters. The predicted molar refractivity (Wildman–Crippen MR) is 140 cm³/mol. The first-order chi connectivity index (χ1) is 17.0. The van der Waals surface area contributed by atoms with E-state index >= 15 is 0 Å². The fraction of sp³-hybridized carbons (Fsp3) is 0.308. The molecule has 0 saturated heterocycles. The van der Waals surface area contributed by atoms with Gasteiger partial charge in [0.2, 0.25) is 5.91 Å². The van der Waals surface area contributed by atoms with Gasteiger partial charge in [-0.25, -0.2) is 9.78 Å². The van der Waals surface area contributed by atoms with Gasteiger partial charge in [0.1, 0.15) is 16.4 Å². The predicted octanol–water partition coefficient (Wildman–Crippen LogP) is 5.19. The van der Waals surface area contributed by atoms with Crippen molar-refractivity contribution in [3.8, 4) is 11.1 Å². The van der Waals surface area contributed by atoms with Crippen molar-refractivity contribution in [1.82, 2.24) is 9.55 Å². The van der Waals surface area contributed by atoms with Gasteiger partial charge >= 0.3 is 5.97 Å².